The summed E-state index contributed by atoms with van der Waals surface area (Å²) in [5, 5.41) is 3.64. The number of furan rings is 1. The molecular formula is C14H25NO. The van der Waals surface area contributed by atoms with Gasteiger partial charge in [0.1, 0.15) is 5.76 Å². The van der Waals surface area contributed by atoms with Gasteiger partial charge in [-0.1, -0.05) is 27.2 Å². The zero-order valence-electron chi connectivity index (χ0n) is 11.0. The molecule has 16 heavy (non-hydrogen) atoms. The van der Waals surface area contributed by atoms with E-state index in [1.807, 2.05) is 0 Å². The van der Waals surface area contributed by atoms with Crippen LogP contribution in [0.25, 0.3) is 0 Å². The first-order valence-electron chi connectivity index (χ1n) is 6.48. The van der Waals surface area contributed by atoms with Gasteiger partial charge in [-0.15, -0.1) is 0 Å². The van der Waals surface area contributed by atoms with Gasteiger partial charge in [-0.2, -0.15) is 0 Å². The van der Waals surface area contributed by atoms with Crippen LogP contribution in [-0.4, -0.2) is 6.54 Å². The van der Waals surface area contributed by atoms with Gasteiger partial charge in [0.2, 0.25) is 0 Å². The second-order valence-electron chi connectivity index (χ2n) is 4.63. The van der Waals surface area contributed by atoms with Crippen molar-refractivity contribution in [2.45, 2.75) is 53.0 Å². The van der Waals surface area contributed by atoms with Crippen molar-refractivity contribution in [2.75, 3.05) is 6.54 Å². The van der Waals surface area contributed by atoms with Gasteiger partial charge < -0.3 is 9.73 Å². The topological polar surface area (TPSA) is 25.2 Å². The highest BCUT2D eigenvalue weighted by Gasteiger charge is 2.20. The van der Waals surface area contributed by atoms with Crippen LogP contribution in [0.3, 0.4) is 0 Å². The average Bonchev–Trinajstić information content (AvgIpc) is 2.66. The zero-order chi connectivity index (χ0) is 12.0. The molecule has 0 aliphatic rings. The maximum absolute atomic E-state index is 5.41. The Morgan fingerprint density at radius 3 is 2.56 bits per heavy atom. The van der Waals surface area contributed by atoms with E-state index in [0.29, 0.717) is 12.0 Å². The molecule has 0 bridgehead atoms. The molecule has 0 fully saturated rings. The molecular weight excluding hydrogens is 198 g/mol. The quantitative estimate of drug-likeness (QED) is 0.754. The summed E-state index contributed by atoms with van der Waals surface area (Å²) in [6, 6.07) is 2.55. The predicted octanol–water partition coefficient (Wildman–Crippen LogP) is 4.06. The van der Waals surface area contributed by atoms with Crippen LogP contribution in [0.2, 0.25) is 0 Å². The van der Waals surface area contributed by atoms with Crippen molar-refractivity contribution in [3.8, 4) is 0 Å². The minimum absolute atomic E-state index is 0.443. The first-order valence-corrected chi connectivity index (χ1v) is 6.48. The summed E-state index contributed by atoms with van der Waals surface area (Å²) in [5.74, 6) is 1.71. The molecule has 2 atom stereocenters. The van der Waals surface area contributed by atoms with Gasteiger partial charge in [0.25, 0.3) is 0 Å². The Balaban J connectivity index is 2.74. The molecule has 0 radical (unpaired) electrons. The van der Waals surface area contributed by atoms with Gasteiger partial charge in [0.15, 0.2) is 0 Å². The maximum Gasteiger partial charge on any atom is 0.105 e. The summed E-state index contributed by atoms with van der Waals surface area (Å²) in [4.78, 5) is 0. The van der Waals surface area contributed by atoms with Gasteiger partial charge in [-0.3, -0.25) is 0 Å². The van der Waals surface area contributed by atoms with Crippen LogP contribution in [0.1, 0.15) is 57.4 Å². The Hall–Kier alpha value is -0.760. The fourth-order valence-corrected chi connectivity index (χ4v) is 2.26. The third kappa shape index (κ3) is 3.38. The minimum Gasteiger partial charge on any atom is -0.469 e. The van der Waals surface area contributed by atoms with E-state index < -0.39 is 0 Å². The highest BCUT2D eigenvalue weighted by Crippen LogP contribution is 2.28. The summed E-state index contributed by atoms with van der Waals surface area (Å²) in [5.41, 5.74) is 1.33. The third-order valence-corrected chi connectivity index (χ3v) is 3.16. The molecule has 0 spiro atoms. The molecule has 1 heterocycles. The van der Waals surface area contributed by atoms with Gasteiger partial charge in [0.05, 0.1) is 6.26 Å². The fraction of sp³-hybridized carbons (Fsp3) is 0.714. The van der Waals surface area contributed by atoms with Crippen LogP contribution in [0.15, 0.2) is 16.7 Å². The number of hydrogen-bond donors (Lipinski definition) is 1. The minimum atomic E-state index is 0.443. The summed E-state index contributed by atoms with van der Waals surface area (Å²) < 4.78 is 5.41. The summed E-state index contributed by atoms with van der Waals surface area (Å²) >= 11 is 0. The van der Waals surface area contributed by atoms with Crippen molar-refractivity contribution in [2.24, 2.45) is 5.92 Å². The van der Waals surface area contributed by atoms with Gasteiger partial charge >= 0.3 is 0 Å². The molecule has 0 saturated heterocycles. The lowest BCUT2D eigenvalue weighted by Crippen LogP contribution is -2.27. The van der Waals surface area contributed by atoms with Gasteiger partial charge in [-0.25, -0.2) is 0 Å². The first-order chi connectivity index (χ1) is 7.70. The van der Waals surface area contributed by atoms with E-state index in [-0.39, 0.29) is 0 Å². The van der Waals surface area contributed by atoms with Crippen molar-refractivity contribution in [3.05, 3.63) is 23.7 Å². The molecule has 0 aliphatic heterocycles. The molecule has 0 saturated carbocycles. The van der Waals surface area contributed by atoms with E-state index in [2.05, 4.69) is 39.1 Å². The van der Waals surface area contributed by atoms with Crippen LogP contribution in [0.4, 0.5) is 0 Å². The van der Waals surface area contributed by atoms with Crippen molar-refractivity contribution in [1.82, 2.24) is 5.32 Å². The smallest absolute Gasteiger partial charge is 0.105 e. The number of nitrogens with one attached hydrogen (secondary N) is 1. The van der Waals surface area contributed by atoms with Crippen LogP contribution in [-0.2, 0) is 0 Å². The van der Waals surface area contributed by atoms with Crippen LogP contribution >= 0.6 is 0 Å². The second kappa shape index (κ2) is 6.74. The molecule has 0 amide bonds. The van der Waals surface area contributed by atoms with Crippen molar-refractivity contribution in [1.29, 1.82) is 0 Å². The molecule has 1 aromatic heterocycles. The zero-order valence-corrected chi connectivity index (χ0v) is 11.0. The molecule has 1 aromatic rings. The lowest BCUT2D eigenvalue weighted by Gasteiger charge is -2.24. The lowest BCUT2D eigenvalue weighted by molar-refractivity contribution is 0.358. The molecule has 1 N–H and O–H groups in total. The molecule has 2 heteroatoms. The van der Waals surface area contributed by atoms with Crippen LogP contribution < -0.4 is 5.32 Å². The predicted molar refractivity (Wildman–Crippen MR) is 68.6 cm³/mol. The molecule has 0 aromatic carbocycles. The Bertz CT molecular complexity index is 293. The van der Waals surface area contributed by atoms with E-state index in [1.165, 1.54) is 24.8 Å². The monoisotopic (exact) mass is 223 g/mol. The second-order valence-corrected chi connectivity index (χ2v) is 4.63. The van der Waals surface area contributed by atoms with E-state index in [9.17, 15) is 0 Å². The normalized spacial score (nSPS) is 15.0. The third-order valence-electron chi connectivity index (χ3n) is 3.16. The van der Waals surface area contributed by atoms with Crippen molar-refractivity contribution in [3.63, 3.8) is 0 Å². The van der Waals surface area contributed by atoms with Crippen LogP contribution in [0, 0.1) is 12.8 Å². The van der Waals surface area contributed by atoms with Crippen molar-refractivity contribution < 1.29 is 4.42 Å². The van der Waals surface area contributed by atoms with E-state index in [0.717, 1.165) is 12.3 Å². The molecule has 0 aliphatic carbocycles. The summed E-state index contributed by atoms with van der Waals surface area (Å²) in [6.45, 7) is 9.90. The highest BCUT2D eigenvalue weighted by atomic mass is 16.3. The van der Waals surface area contributed by atoms with E-state index in [4.69, 9.17) is 4.42 Å². The Kier molecular flexibility index (Phi) is 5.61. The summed E-state index contributed by atoms with van der Waals surface area (Å²) in [6.07, 6.45) is 5.46. The number of hydrogen-bond acceptors (Lipinski definition) is 2. The first kappa shape index (κ1) is 13.3. The lowest BCUT2D eigenvalue weighted by atomic mass is 9.91. The standard InChI is InChI=1S/C14H25NO/c1-5-7-11(3)14(15-9-6-2)13-8-10-16-12(13)4/h8,10-11,14-15H,5-7,9H2,1-4H3. The number of rotatable bonds is 7. The average molecular weight is 223 g/mol. The Labute approximate surface area is 99.4 Å². The van der Waals surface area contributed by atoms with E-state index >= 15 is 0 Å². The Morgan fingerprint density at radius 1 is 1.31 bits per heavy atom. The largest absolute Gasteiger partial charge is 0.469 e. The van der Waals surface area contributed by atoms with Gasteiger partial charge in [0, 0.05) is 11.6 Å². The maximum atomic E-state index is 5.41. The van der Waals surface area contributed by atoms with Crippen molar-refractivity contribution >= 4 is 0 Å². The molecule has 1 rings (SSSR count). The SMILES string of the molecule is CCCNC(c1ccoc1C)C(C)CCC. The number of aryl methyl sites for hydroxylation is 1. The van der Waals surface area contributed by atoms with E-state index in [1.54, 1.807) is 6.26 Å². The Morgan fingerprint density at radius 2 is 2.06 bits per heavy atom. The molecule has 92 valence electrons. The highest BCUT2D eigenvalue weighted by molar-refractivity contribution is 5.20. The van der Waals surface area contributed by atoms with Crippen LogP contribution in [0.5, 0.6) is 0 Å². The van der Waals surface area contributed by atoms with Gasteiger partial charge in [-0.05, 0) is 38.3 Å². The summed E-state index contributed by atoms with van der Waals surface area (Å²) in [7, 11) is 0. The molecule has 2 unspecified atom stereocenters. The fourth-order valence-electron chi connectivity index (χ4n) is 2.26. The molecule has 2 nitrogen and oxygen atoms in total.